The van der Waals surface area contributed by atoms with Gasteiger partial charge in [0.2, 0.25) is 5.28 Å². The molecule has 0 radical (unpaired) electrons. The minimum absolute atomic E-state index is 0.315. The van der Waals surface area contributed by atoms with Gasteiger partial charge >= 0.3 is 0 Å². The molecule has 0 saturated heterocycles. The second kappa shape index (κ2) is 6.26. The number of halogens is 1. The lowest BCUT2D eigenvalue weighted by atomic mass is 10.4. The second-order valence-electron chi connectivity index (χ2n) is 1.83. The van der Waals surface area contributed by atoms with Crippen molar-refractivity contribution in [3.05, 3.63) is 17.0 Å². The number of aryl methyl sites for hydroxylation is 1. The van der Waals surface area contributed by atoms with Crippen molar-refractivity contribution in [3.63, 3.8) is 0 Å². The molecule has 0 N–H and O–H groups in total. The predicted octanol–water partition coefficient (Wildman–Crippen LogP) is 3.19. The van der Waals surface area contributed by atoms with Crippen molar-refractivity contribution in [1.29, 1.82) is 0 Å². The van der Waals surface area contributed by atoms with Crippen molar-refractivity contribution in [1.82, 2.24) is 9.97 Å². The van der Waals surface area contributed by atoms with E-state index in [0.29, 0.717) is 5.28 Å². The van der Waals surface area contributed by atoms with Gasteiger partial charge in [-0.25, -0.2) is 9.97 Å². The molecule has 0 unspecified atom stereocenters. The highest BCUT2D eigenvalue weighted by molar-refractivity contribution is 7.98. The van der Waals surface area contributed by atoms with Gasteiger partial charge < -0.3 is 0 Å². The van der Waals surface area contributed by atoms with Gasteiger partial charge in [0, 0.05) is 6.20 Å². The Morgan fingerprint density at radius 2 is 2.00 bits per heavy atom. The predicted molar refractivity (Wildman–Crippen MR) is 54.9 cm³/mol. The molecule has 0 spiro atoms. The number of rotatable bonds is 1. The normalized spacial score (nSPS) is 8.75. The van der Waals surface area contributed by atoms with E-state index in [0.717, 1.165) is 10.6 Å². The van der Waals surface area contributed by atoms with Crippen molar-refractivity contribution < 1.29 is 0 Å². The molecule has 0 fully saturated rings. The van der Waals surface area contributed by atoms with Gasteiger partial charge in [-0.05, 0) is 30.3 Å². The summed E-state index contributed by atoms with van der Waals surface area (Å²) in [7, 11) is 0. The molecule has 2 nitrogen and oxygen atoms in total. The highest BCUT2D eigenvalue weighted by Crippen LogP contribution is 2.16. The Kier molecular flexibility index (Phi) is 6.11. The third kappa shape index (κ3) is 3.41. The van der Waals surface area contributed by atoms with Crippen molar-refractivity contribution in [2.75, 3.05) is 6.26 Å². The number of aromatic nitrogens is 2. The second-order valence-corrected chi connectivity index (χ2v) is 2.96. The summed E-state index contributed by atoms with van der Waals surface area (Å²) in [6.45, 7) is 5.96. The standard InChI is InChI=1S/C6H7ClN2S.C2H6/c1-4-3-8-6(7)9-5(4)10-2;1-2/h3H,1-2H3;1-2H3. The highest BCUT2D eigenvalue weighted by atomic mass is 35.5. The topological polar surface area (TPSA) is 25.8 Å². The first kappa shape index (κ1) is 11.7. The van der Waals surface area contributed by atoms with Gasteiger partial charge in [-0.3, -0.25) is 0 Å². The molecule has 0 aliphatic rings. The zero-order valence-electron chi connectivity index (χ0n) is 7.76. The quantitative estimate of drug-likeness (QED) is 0.399. The van der Waals surface area contributed by atoms with Crippen LogP contribution >= 0.6 is 23.4 Å². The molecule has 0 bridgehead atoms. The molecule has 0 atom stereocenters. The van der Waals surface area contributed by atoms with E-state index in [1.54, 1.807) is 18.0 Å². The Hall–Kier alpha value is -0.280. The minimum atomic E-state index is 0.315. The summed E-state index contributed by atoms with van der Waals surface area (Å²) < 4.78 is 0. The van der Waals surface area contributed by atoms with Crippen LogP contribution in [0.2, 0.25) is 5.28 Å². The van der Waals surface area contributed by atoms with Gasteiger partial charge in [-0.1, -0.05) is 13.8 Å². The highest BCUT2D eigenvalue weighted by Gasteiger charge is 1.98. The lowest BCUT2D eigenvalue weighted by Crippen LogP contribution is -1.87. The maximum absolute atomic E-state index is 5.56. The lowest BCUT2D eigenvalue weighted by molar-refractivity contribution is 1.01. The first-order valence-electron chi connectivity index (χ1n) is 3.77. The van der Waals surface area contributed by atoms with E-state index in [-0.39, 0.29) is 0 Å². The van der Waals surface area contributed by atoms with Crippen LogP contribution in [0.4, 0.5) is 0 Å². The summed E-state index contributed by atoms with van der Waals surface area (Å²) in [5.41, 5.74) is 1.07. The summed E-state index contributed by atoms with van der Waals surface area (Å²) in [5.74, 6) is 0. The Morgan fingerprint density at radius 3 is 2.42 bits per heavy atom. The average Bonchev–Trinajstić information content (AvgIpc) is 2.13. The smallest absolute Gasteiger partial charge is 0.223 e. The molecule has 0 saturated carbocycles. The fraction of sp³-hybridized carbons (Fsp3) is 0.500. The molecule has 4 heteroatoms. The zero-order chi connectivity index (χ0) is 9.56. The van der Waals surface area contributed by atoms with E-state index in [1.165, 1.54) is 0 Å². The van der Waals surface area contributed by atoms with Gasteiger partial charge in [0.15, 0.2) is 0 Å². The molecule has 0 amide bonds. The fourth-order valence-electron chi connectivity index (χ4n) is 0.613. The fourth-order valence-corrected chi connectivity index (χ4v) is 1.35. The molecular formula is C8H13ClN2S. The number of thioether (sulfide) groups is 1. The van der Waals surface area contributed by atoms with Crippen LogP contribution in [0.3, 0.4) is 0 Å². The van der Waals surface area contributed by atoms with E-state index in [2.05, 4.69) is 9.97 Å². The average molecular weight is 205 g/mol. The molecule has 1 heterocycles. The first-order valence-corrected chi connectivity index (χ1v) is 5.37. The molecule has 0 aromatic carbocycles. The van der Waals surface area contributed by atoms with E-state index < -0.39 is 0 Å². The Morgan fingerprint density at radius 1 is 1.42 bits per heavy atom. The van der Waals surface area contributed by atoms with Crippen LogP contribution in [0.25, 0.3) is 0 Å². The molecule has 1 rings (SSSR count). The maximum Gasteiger partial charge on any atom is 0.223 e. The maximum atomic E-state index is 5.56. The van der Waals surface area contributed by atoms with Crippen molar-refractivity contribution in [2.45, 2.75) is 25.8 Å². The van der Waals surface area contributed by atoms with Crippen LogP contribution in [0.5, 0.6) is 0 Å². The van der Waals surface area contributed by atoms with Crippen LogP contribution in [-0.2, 0) is 0 Å². The molecule has 0 aliphatic heterocycles. The number of hydrogen-bond donors (Lipinski definition) is 0. The third-order valence-electron chi connectivity index (χ3n) is 1.09. The largest absolute Gasteiger partial charge is 0.226 e. The molecule has 1 aromatic rings. The monoisotopic (exact) mass is 204 g/mol. The van der Waals surface area contributed by atoms with Crippen LogP contribution in [0, 0.1) is 6.92 Å². The molecule has 1 aromatic heterocycles. The van der Waals surface area contributed by atoms with Crippen molar-refractivity contribution >= 4 is 23.4 Å². The molecule has 0 aliphatic carbocycles. The van der Waals surface area contributed by atoms with E-state index in [1.807, 2.05) is 27.0 Å². The van der Waals surface area contributed by atoms with E-state index in [9.17, 15) is 0 Å². The van der Waals surface area contributed by atoms with E-state index in [4.69, 9.17) is 11.6 Å². The zero-order valence-corrected chi connectivity index (χ0v) is 9.33. The first-order chi connectivity index (χ1) is 5.74. The summed E-state index contributed by atoms with van der Waals surface area (Å²) in [6, 6.07) is 0. The Labute approximate surface area is 82.8 Å². The Bertz CT molecular complexity index is 240. The Balaban J connectivity index is 0.000000561. The summed E-state index contributed by atoms with van der Waals surface area (Å²) in [6.07, 6.45) is 3.69. The number of hydrogen-bond acceptors (Lipinski definition) is 3. The van der Waals surface area contributed by atoms with Crippen LogP contribution in [0.1, 0.15) is 19.4 Å². The van der Waals surface area contributed by atoms with Crippen LogP contribution < -0.4 is 0 Å². The lowest BCUT2D eigenvalue weighted by Gasteiger charge is -1.98. The SMILES string of the molecule is CC.CSc1nc(Cl)ncc1C. The minimum Gasteiger partial charge on any atom is -0.226 e. The van der Waals surface area contributed by atoms with Gasteiger partial charge in [0.1, 0.15) is 5.03 Å². The van der Waals surface area contributed by atoms with Crippen molar-refractivity contribution in [3.8, 4) is 0 Å². The van der Waals surface area contributed by atoms with Gasteiger partial charge in [-0.2, -0.15) is 0 Å². The summed E-state index contributed by atoms with van der Waals surface area (Å²) in [4.78, 5) is 7.84. The third-order valence-corrected chi connectivity index (χ3v) is 2.07. The molecular weight excluding hydrogens is 192 g/mol. The van der Waals surface area contributed by atoms with E-state index >= 15 is 0 Å². The molecule has 12 heavy (non-hydrogen) atoms. The van der Waals surface area contributed by atoms with Gasteiger partial charge in [0.05, 0.1) is 0 Å². The van der Waals surface area contributed by atoms with Crippen LogP contribution in [0.15, 0.2) is 11.2 Å². The number of nitrogens with zero attached hydrogens (tertiary/aromatic N) is 2. The summed E-state index contributed by atoms with van der Waals surface area (Å²) >= 11 is 7.13. The van der Waals surface area contributed by atoms with Crippen molar-refractivity contribution in [2.24, 2.45) is 0 Å². The molecule has 68 valence electrons. The van der Waals surface area contributed by atoms with Gasteiger partial charge in [0.25, 0.3) is 0 Å². The van der Waals surface area contributed by atoms with Gasteiger partial charge in [-0.15, -0.1) is 11.8 Å². The summed E-state index contributed by atoms with van der Waals surface area (Å²) in [5, 5.41) is 1.26. The van der Waals surface area contributed by atoms with Crippen LogP contribution in [-0.4, -0.2) is 16.2 Å².